The smallest absolute Gasteiger partial charge is 0.244 e. The van der Waals surface area contributed by atoms with E-state index in [1.807, 2.05) is 43.3 Å². The zero-order chi connectivity index (χ0) is 17.6. The Morgan fingerprint density at radius 2 is 1.79 bits per heavy atom. The van der Waals surface area contributed by atoms with Crippen LogP contribution in [-0.4, -0.2) is 20.6 Å². The van der Waals surface area contributed by atoms with Crippen LogP contribution >= 0.6 is 0 Å². The van der Waals surface area contributed by atoms with Gasteiger partial charge in [-0.3, -0.25) is 9.52 Å². The summed E-state index contributed by atoms with van der Waals surface area (Å²) in [5, 5.41) is 2.85. The van der Waals surface area contributed by atoms with Gasteiger partial charge in [-0.15, -0.1) is 0 Å². The molecule has 5 nitrogen and oxygen atoms in total. The van der Waals surface area contributed by atoms with E-state index < -0.39 is 10.0 Å². The fourth-order valence-corrected chi connectivity index (χ4v) is 2.72. The number of anilines is 1. The summed E-state index contributed by atoms with van der Waals surface area (Å²) < 4.78 is 25.0. The van der Waals surface area contributed by atoms with Crippen molar-refractivity contribution >= 4 is 27.7 Å². The number of hydrogen-bond acceptors (Lipinski definition) is 3. The Hall–Kier alpha value is -2.60. The lowest BCUT2D eigenvalue weighted by Gasteiger charge is -2.14. The van der Waals surface area contributed by atoms with Crippen LogP contribution in [-0.2, 0) is 14.8 Å². The van der Waals surface area contributed by atoms with Gasteiger partial charge in [0.1, 0.15) is 0 Å². The quantitative estimate of drug-likeness (QED) is 0.791. The summed E-state index contributed by atoms with van der Waals surface area (Å²) >= 11 is 0. The molecule has 0 heterocycles. The van der Waals surface area contributed by atoms with Gasteiger partial charge in [-0.05, 0) is 36.3 Å². The van der Waals surface area contributed by atoms with Crippen LogP contribution in [0.15, 0.2) is 60.7 Å². The van der Waals surface area contributed by atoms with Crippen LogP contribution < -0.4 is 10.0 Å². The molecule has 0 aliphatic rings. The molecule has 1 amide bonds. The maximum atomic E-state index is 12.0. The summed E-state index contributed by atoms with van der Waals surface area (Å²) in [7, 11) is -3.33. The fourth-order valence-electron chi connectivity index (χ4n) is 2.17. The van der Waals surface area contributed by atoms with Crippen molar-refractivity contribution in [1.82, 2.24) is 5.32 Å². The minimum absolute atomic E-state index is 0.215. The average molecular weight is 344 g/mol. The molecule has 0 aliphatic carbocycles. The Labute approximate surface area is 142 Å². The van der Waals surface area contributed by atoms with Crippen LogP contribution in [0.4, 0.5) is 5.69 Å². The summed E-state index contributed by atoms with van der Waals surface area (Å²) in [6.45, 7) is 1.84. The molecule has 24 heavy (non-hydrogen) atoms. The highest BCUT2D eigenvalue weighted by Crippen LogP contribution is 2.18. The number of rotatable bonds is 6. The number of sulfonamides is 1. The first-order valence-electron chi connectivity index (χ1n) is 7.45. The zero-order valence-corrected chi connectivity index (χ0v) is 14.4. The van der Waals surface area contributed by atoms with Crippen molar-refractivity contribution < 1.29 is 13.2 Å². The molecule has 126 valence electrons. The number of benzene rings is 2. The topological polar surface area (TPSA) is 75.3 Å². The van der Waals surface area contributed by atoms with E-state index in [1.165, 1.54) is 6.08 Å². The minimum atomic E-state index is -3.33. The van der Waals surface area contributed by atoms with E-state index in [2.05, 4.69) is 10.0 Å². The van der Waals surface area contributed by atoms with Crippen LogP contribution in [0.3, 0.4) is 0 Å². The molecule has 2 rings (SSSR count). The molecule has 6 heteroatoms. The molecule has 1 unspecified atom stereocenters. The molecule has 0 saturated heterocycles. The van der Waals surface area contributed by atoms with Gasteiger partial charge in [0.25, 0.3) is 0 Å². The van der Waals surface area contributed by atoms with Crippen molar-refractivity contribution in [3.63, 3.8) is 0 Å². The lowest BCUT2D eigenvalue weighted by Crippen LogP contribution is -2.24. The molecule has 2 N–H and O–H groups in total. The molecule has 0 bridgehead atoms. The summed E-state index contributed by atoms with van der Waals surface area (Å²) in [5.74, 6) is -0.215. The van der Waals surface area contributed by atoms with E-state index in [1.54, 1.807) is 24.3 Å². The minimum Gasteiger partial charge on any atom is -0.346 e. The predicted molar refractivity (Wildman–Crippen MR) is 96.9 cm³/mol. The monoisotopic (exact) mass is 344 g/mol. The molecule has 0 spiro atoms. The lowest BCUT2D eigenvalue weighted by molar-refractivity contribution is -0.117. The van der Waals surface area contributed by atoms with Crippen LogP contribution in [0.25, 0.3) is 6.08 Å². The Balaban J connectivity index is 2.01. The normalized spacial score (nSPS) is 12.8. The van der Waals surface area contributed by atoms with Crippen molar-refractivity contribution in [3.05, 3.63) is 71.8 Å². The van der Waals surface area contributed by atoms with Gasteiger partial charge >= 0.3 is 0 Å². The Morgan fingerprint density at radius 3 is 2.46 bits per heavy atom. The first-order valence-corrected chi connectivity index (χ1v) is 9.34. The number of nitrogens with one attached hydrogen (secondary N) is 2. The third-order valence-corrected chi connectivity index (χ3v) is 3.88. The van der Waals surface area contributed by atoms with Crippen molar-refractivity contribution in [1.29, 1.82) is 0 Å². The first kappa shape index (κ1) is 17.7. The maximum absolute atomic E-state index is 12.0. The summed E-state index contributed by atoms with van der Waals surface area (Å²) in [4.78, 5) is 12.0. The second kappa shape index (κ2) is 7.79. The molecule has 0 saturated carbocycles. The van der Waals surface area contributed by atoms with Crippen LogP contribution in [0.2, 0.25) is 0 Å². The van der Waals surface area contributed by atoms with Gasteiger partial charge in [0.2, 0.25) is 15.9 Å². The highest BCUT2D eigenvalue weighted by molar-refractivity contribution is 7.92. The molecule has 0 aliphatic heterocycles. The van der Waals surface area contributed by atoms with E-state index in [4.69, 9.17) is 0 Å². The summed E-state index contributed by atoms with van der Waals surface area (Å²) in [6.07, 6.45) is 4.31. The largest absolute Gasteiger partial charge is 0.346 e. The van der Waals surface area contributed by atoms with Crippen molar-refractivity contribution in [2.24, 2.45) is 0 Å². The summed E-state index contributed by atoms with van der Waals surface area (Å²) in [5.41, 5.74) is 2.22. The van der Waals surface area contributed by atoms with Crippen molar-refractivity contribution in [3.8, 4) is 0 Å². The van der Waals surface area contributed by atoms with E-state index in [0.717, 1.165) is 17.4 Å². The average Bonchev–Trinajstić information content (AvgIpc) is 2.52. The van der Waals surface area contributed by atoms with Crippen LogP contribution in [0, 0.1) is 0 Å². The molecular formula is C18H20N2O3S. The lowest BCUT2D eigenvalue weighted by atomic mass is 10.1. The molecule has 1 atom stereocenters. The SMILES string of the molecule is CC(NC(=O)C=Cc1ccccc1)c1cccc(NS(C)(=O)=O)c1. The van der Waals surface area contributed by atoms with Crippen LogP contribution in [0.1, 0.15) is 24.1 Å². The van der Waals surface area contributed by atoms with E-state index in [9.17, 15) is 13.2 Å². The molecule has 2 aromatic carbocycles. The number of carbonyl (C=O) groups is 1. The van der Waals surface area contributed by atoms with Crippen molar-refractivity contribution in [2.45, 2.75) is 13.0 Å². The number of amides is 1. The number of carbonyl (C=O) groups excluding carboxylic acids is 1. The second-order valence-corrected chi connectivity index (χ2v) is 7.22. The molecule has 0 aromatic heterocycles. The fraction of sp³-hybridized carbons (Fsp3) is 0.167. The number of hydrogen-bond donors (Lipinski definition) is 2. The van der Waals surface area contributed by atoms with E-state index in [-0.39, 0.29) is 11.9 Å². The Morgan fingerprint density at radius 1 is 1.08 bits per heavy atom. The zero-order valence-electron chi connectivity index (χ0n) is 13.6. The van der Waals surface area contributed by atoms with Crippen molar-refractivity contribution in [2.75, 3.05) is 11.0 Å². The van der Waals surface area contributed by atoms with E-state index in [0.29, 0.717) is 5.69 Å². The molecule has 0 fully saturated rings. The molecule has 0 radical (unpaired) electrons. The van der Waals surface area contributed by atoms with Gasteiger partial charge < -0.3 is 5.32 Å². The third kappa shape index (κ3) is 5.89. The maximum Gasteiger partial charge on any atom is 0.244 e. The Bertz CT molecular complexity index is 830. The highest BCUT2D eigenvalue weighted by atomic mass is 32.2. The van der Waals surface area contributed by atoms with Gasteiger partial charge in [0, 0.05) is 11.8 Å². The second-order valence-electron chi connectivity index (χ2n) is 5.47. The Kier molecular flexibility index (Phi) is 5.76. The summed E-state index contributed by atoms with van der Waals surface area (Å²) in [6, 6.07) is 16.2. The van der Waals surface area contributed by atoms with Crippen LogP contribution in [0.5, 0.6) is 0 Å². The standard InChI is InChI=1S/C18H20N2O3S/c1-14(16-9-6-10-17(13-16)20-24(2,22)23)19-18(21)12-11-15-7-4-3-5-8-15/h3-14,20H,1-2H3,(H,19,21). The molecule has 2 aromatic rings. The predicted octanol–water partition coefficient (Wildman–Crippen LogP) is 2.95. The van der Waals surface area contributed by atoms with E-state index >= 15 is 0 Å². The molecular weight excluding hydrogens is 324 g/mol. The van der Waals surface area contributed by atoms with Gasteiger partial charge in [-0.1, -0.05) is 42.5 Å². The van der Waals surface area contributed by atoms with Gasteiger partial charge in [0.05, 0.1) is 12.3 Å². The third-order valence-electron chi connectivity index (χ3n) is 3.28. The van der Waals surface area contributed by atoms with Gasteiger partial charge in [0.15, 0.2) is 0 Å². The first-order chi connectivity index (χ1) is 11.3. The van der Waals surface area contributed by atoms with Gasteiger partial charge in [-0.2, -0.15) is 0 Å². The highest BCUT2D eigenvalue weighted by Gasteiger charge is 2.09. The van der Waals surface area contributed by atoms with Gasteiger partial charge in [-0.25, -0.2) is 8.42 Å².